The minimum Gasteiger partial charge on any atom is -0.508 e. The molecule has 0 bridgehead atoms. The van der Waals surface area contributed by atoms with Crippen LogP contribution in [0.4, 0.5) is 0 Å². The van der Waals surface area contributed by atoms with Crippen LogP contribution in [-0.4, -0.2) is 296 Å². The number of likely N-dealkylation sites (N-methyl/N-ethyl adjacent to an activating group) is 6. The largest absolute Gasteiger partial charge is 0.508 e. The van der Waals surface area contributed by atoms with E-state index in [1.54, 1.807) is 0 Å². The van der Waals surface area contributed by atoms with Gasteiger partial charge in [-0.2, -0.15) is 0 Å². The lowest BCUT2D eigenvalue weighted by molar-refractivity contribution is 0.0403. The lowest BCUT2D eigenvalue weighted by atomic mass is 10.2. The van der Waals surface area contributed by atoms with E-state index >= 15 is 0 Å². The maximum Gasteiger partial charge on any atom is 0.341 e. The molecule has 0 spiro atoms. The molecule has 30 heteroatoms. The van der Waals surface area contributed by atoms with Gasteiger partial charge in [0.25, 0.3) is 0 Å². The molecule has 0 aliphatic rings. The Kier molecular flexibility index (Phi) is 53.1. The van der Waals surface area contributed by atoms with E-state index in [-0.39, 0.29) is 76.5 Å². The van der Waals surface area contributed by atoms with Crippen molar-refractivity contribution in [3.63, 3.8) is 0 Å². The summed E-state index contributed by atoms with van der Waals surface area (Å²) < 4.78 is 63.9. The molecular weight excluding hydrogens is 1550 g/mol. The summed E-state index contributed by atoms with van der Waals surface area (Å²) in [4.78, 5) is 83.8. The number of nitrogens with zero attached hydrogens (tertiary/aromatic N) is 6. The highest BCUT2D eigenvalue weighted by Crippen LogP contribution is 2.32. The fourth-order valence-corrected chi connectivity index (χ4v) is 8.61. The van der Waals surface area contributed by atoms with Gasteiger partial charge in [-0.3, -0.25) is 0 Å². The van der Waals surface area contributed by atoms with E-state index in [9.17, 15) is 59.4 Å². The minimum absolute atomic E-state index is 0.0139. The molecule has 0 aromatic heterocycles. The van der Waals surface area contributed by atoms with Crippen molar-refractivity contribution in [3.05, 3.63) is 143 Å². The summed E-state index contributed by atoms with van der Waals surface area (Å²) in [5, 5.41) is 57.3. The summed E-state index contributed by atoms with van der Waals surface area (Å²) in [7, 11) is 23.1. The molecule has 6 aromatic carbocycles. The molecule has 6 N–H and O–H groups in total. The fraction of sp³-hybridized carbons (Fsp3) is 0.533. The second-order valence-electron chi connectivity index (χ2n) is 29.5. The van der Waals surface area contributed by atoms with Crippen LogP contribution in [0.3, 0.4) is 0 Å². The number of unbranched alkanes of at least 4 members (excludes halogenated alkanes) is 2. The first kappa shape index (κ1) is 108. The molecule has 0 aliphatic carbocycles. The smallest absolute Gasteiger partial charge is 0.341 e. The third-order valence-electron chi connectivity index (χ3n) is 18.2. The number of benzene rings is 6. The van der Waals surface area contributed by atoms with E-state index < -0.39 is 35.8 Å². The van der Waals surface area contributed by atoms with E-state index in [2.05, 4.69) is 13.8 Å². The zero-order valence-corrected chi connectivity index (χ0v) is 75.3. The Morgan fingerprint density at radius 1 is 0.267 bits per heavy atom. The highest BCUT2D eigenvalue weighted by molar-refractivity contribution is 5.95. The van der Waals surface area contributed by atoms with Crippen LogP contribution in [-0.2, 0) is 28.4 Å². The Morgan fingerprint density at radius 2 is 0.483 bits per heavy atom. The van der Waals surface area contributed by atoms with Crippen LogP contribution in [0.25, 0.3) is 0 Å². The molecular formula is C90H138N6O24. The quantitative estimate of drug-likeness (QED) is 0.0118. The average Bonchev–Trinajstić information content (AvgIpc) is 0.973. The molecule has 0 amide bonds. The summed E-state index contributed by atoms with van der Waals surface area (Å²) in [5.41, 5.74) is 2.12. The predicted molar refractivity (Wildman–Crippen MR) is 464 cm³/mol. The first-order chi connectivity index (χ1) is 56.7. The number of ether oxygens (including phenoxy) is 12. The molecule has 0 saturated carbocycles. The van der Waals surface area contributed by atoms with Crippen LogP contribution >= 0.6 is 0 Å². The summed E-state index contributed by atoms with van der Waals surface area (Å²) >= 11 is 0. The van der Waals surface area contributed by atoms with Crippen LogP contribution in [0.1, 0.15) is 184 Å². The number of carbonyl (C=O) groups is 6. The Labute approximate surface area is 711 Å². The SMILES string of the molecule is CCCCOc1cc(C(=O)OC[C@H](C)N(C)C)ccc1O.CCCCOc1cc(O)ccc1C(=O)OC[C@H](C)N(C)C.CCCOc1cc(C(=O)OC[C@H](C)N(C)C)ccc1O.CCCOc1cc(O)ccc1C(=O)OC[C@H](C)N(C)C.CCOc1cc(C(=O)OC[C@H](C)N(C)C)ccc1O.CCOc1cc(O)ccc1C(=O)OC[C@H](C)N(C)C. The monoisotopic (exact) mass is 1690 g/mol. The second-order valence-corrected chi connectivity index (χ2v) is 29.5. The first-order valence-electron chi connectivity index (χ1n) is 40.5. The maximum absolute atomic E-state index is 12.1. The van der Waals surface area contributed by atoms with Gasteiger partial charge in [0, 0.05) is 54.5 Å². The maximum atomic E-state index is 12.1. The van der Waals surface area contributed by atoms with Gasteiger partial charge in [-0.25, -0.2) is 28.8 Å². The molecule has 0 heterocycles. The number of esters is 6. The van der Waals surface area contributed by atoms with E-state index in [0.29, 0.717) is 141 Å². The minimum atomic E-state index is -0.447. The van der Waals surface area contributed by atoms with E-state index in [1.165, 1.54) is 109 Å². The highest BCUT2D eigenvalue weighted by Gasteiger charge is 2.23. The van der Waals surface area contributed by atoms with Crippen molar-refractivity contribution in [2.24, 2.45) is 0 Å². The molecule has 0 fully saturated rings. The number of carbonyl (C=O) groups excluding carboxylic acids is 6. The molecule has 6 rings (SSSR count). The third-order valence-corrected chi connectivity index (χ3v) is 18.2. The van der Waals surface area contributed by atoms with Gasteiger partial charge in [0.15, 0.2) is 34.5 Å². The lowest BCUT2D eigenvalue weighted by Crippen LogP contribution is -2.30. The molecule has 672 valence electrons. The number of phenolic OH excluding ortho intramolecular Hbond substituents is 6. The van der Waals surface area contributed by atoms with Crippen LogP contribution < -0.4 is 28.4 Å². The molecule has 0 aliphatic heterocycles. The zero-order chi connectivity index (χ0) is 90.7. The summed E-state index contributed by atoms with van der Waals surface area (Å²) in [5.74, 6) is -0.337. The van der Waals surface area contributed by atoms with E-state index in [4.69, 9.17) is 56.8 Å². The zero-order valence-electron chi connectivity index (χ0n) is 75.3. The van der Waals surface area contributed by atoms with Crippen molar-refractivity contribution < 1.29 is 116 Å². The Hall–Kier alpha value is -10.5. The summed E-state index contributed by atoms with van der Waals surface area (Å²) in [6, 6.07) is 27.4. The predicted octanol–water partition coefficient (Wildman–Crippen LogP) is 13.7. The number of rotatable bonds is 42. The van der Waals surface area contributed by atoms with Crippen LogP contribution in [0, 0.1) is 0 Å². The number of phenols is 6. The third kappa shape index (κ3) is 42.4. The molecule has 0 unspecified atom stereocenters. The summed E-state index contributed by atoms with van der Waals surface area (Å²) in [6.45, 7) is 28.2. The number of hydrogen-bond donors (Lipinski definition) is 6. The normalized spacial score (nSPS) is 12.2. The average molecular weight is 1690 g/mol. The molecule has 6 aromatic rings. The first-order valence-corrected chi connectivity index (χ1v) is 40.5. The van der Waals surface area contributed by atoms with Gasteiger partial charge in [0.1, 0.15) is 90.8 Å². The van der Waals surface area contributed by atoms with Gasteiger partial charge in [-0.1, -0.05) is 40.5 Å². The van der Waals surface area contributed by atoms with Gasteiger partial charge in [-0.05, 0) is 257 Å². The standard InChI is InChI=1S/2C16H25NO4.2C15H23NO4.2C14H21NO4/c1-5-6-9-20-15-10-13(18)7-8-14(15)16(19)21-11-12(2)17(3)4;1-5-6-9-20-15-10-13(7-8-14(15)18)16(19)21-11-12(2)17(3)4;1-5-8-19-14-9-12(17)6-7-13(14)15(18)20-10-11(2)16(3)4;1-5-8-19-14-9-12(6-7-13(14)17)15(18)20-10-11(2)16(3)4;1-5-18-13-8-11(16)6-7-12(13)14(17)19-9-10(2)15(3)4;1-5-18-13-8-11(6-7-12(13)16)14(17)19-9-10(2)15(3)4/h2*7-8,10,12,18H,5-6,9,11H2,1-4H3;2*6-7,9,11,17H,5,8,10H2,1-4H3;2*6-8,10,16H,5,9H2,1-4H3/t2*12-;2*11-;2*10-/m000000/s1. The molecule has 120 heavy (non-hydrogen) atoms. The Balaban J connectivity index is 0.000000720. The van der Waals surface area contributed by atoms with Crippen LogP contribution in [0.2, 0.25) is 0 Å². The van der Waals surface area contributed by atoms with Gasteiger partial charge >= 0.3 is 35.8 Å². The number of aromatic hydroxyl groups is 6. The molecule has 6 atom stereocenters. The van der Waals surface area contributed by atoms with Crippen molar-refractivity contribution >= 4 is 35.8 Å². The number of hydrogen-bond acceptors (Lipinski definition) is 30. The molecule has 0 saturated heterocycles. The van der Waals surface area contributed by atoms with Crippen molar-refractivity contribution in [3.8, 4) is 69.0 Å². The molecule has 0 radical (unpaired) electrons. The summed E-state index contributed by atoms with van der Waals surface area (Å²) in [6.07, 6.45) is 5.44. The van der Waals surface area contributed by atoms with E-state index in [1.807, 2.05) is 183 Å². The van der Waals surface area contributed by atoms with Gasteiger partial charge < -0.3 is 117 Å². The topological polar surface area (TPSA) is 354 Å². The lowest BCUT2D eigenvalue weighted by Gasteiger charge is -2.19. The Bertz CT molecular complexity index is 3970. The van der Waals surface area contributed by atoms with Crippen molar-refractivity contribution in [1.82, 2.24) is 29.4 Å². The van der Waals surface area contributed by atoms with Crippen LogP contribution in [0.5, 0.6) is 69.0 Å². The van der Waals surface area contributed by atoms with E-state index in [0.717, 1.165) is 38.5 Å². The van der Waals surface area contributed by atoms with Gasteiger partial charge in [-0.15, -0.1) is 0 Å². The van der Waals surface area contributed by atoms with Gasteiger partial charge in [0.2, 0.25) is 0 Å². The fourth-order valence-electron chi connectivity index (χ4n) is 8.61. The van der Waals surface area contributed by atoms with Crippen molar-refractivity contribution in [2.75, 3.05) is 164 Å². The van der Waals surface area contributed by atoms with Crippen molar-refractivity contribution in [1.29, 1.82) is 0 Å². The van der Waals surface area contributed by atoms with Gasteiger partial charge in [0.05, 0.1) is 56.3 Å². The second kappa shape index (κ2) is 59.2. The Morgan fingerprint density at radius 3 is 0.725 bits per heavy atom. The van der Waals surface area contributed by atoms with Crippen molar-refractivity contribution in [2.45, 2.75) is 158 Å². The highest BCUT2D eigenvalue weighted by atomic mass is 16.6. The van der Waals surface area contributed by atoms with Crippen LogP contribution in [0.15, 0.2) is 109 Å². The molecule has 30 nitrogen and oxygen atoms in total.